The predicted molar refractivity (Wildman–Crippen MR) is 68.4 cm³/mol. The van der Waals surface area contributed by atoms with Crippen LogP contribution in [0, 0.1) is 5.92 Å². The smallest absolute Gasteiger partial charge is 0.287 e. The zero-order chi connectivity index (χ0) is 12.3. The predicted octanol–water partition coefficient (Wildman–Crippen LogP) is 1.73. The third-order valence-corrected chi connectivity index (χ3v) is 3.77. The van der Waals surface area contributed by atoms with Gasteiger partial charge in [0.25, 0.3) is 5.91 Å². The molecular weight excluding hydrogens is 236 g/mol. The van der Waals surface area contributed by atoms with Crippen molar-refractivity contribution in [3.63, 3.8) is 0 Å². The Morgan fingerprint density at radius 1 is 1.59 bits per heavy atom. The van der Waals surface area contributed by atoms with Crippen LogP contribution in [0.2, 0.25) is 0 Å². The van der Waals surface area contributed by atoms with Gasteiger partial charge >= 0.3 is 0 Å². The number of hydrogen-bond acceptors (Lipinski definition) is 4. The summed E-state index contributed by atoms with van der Waals surface area (Å²) in [5.74, 6) is 0.785. The fourth-order valence-electron chi connectivity index (χ4n) is 1.97. The number of thioether (sulfide) groups is 1. The highest BCUT2D eigenvalue weighted by Crippen LogP contribution is 2.18. The molecule has 1 aliphatic rings. The molecule has 94 valence electrons. The lowest BCUT2D eigenvalue weighted by molar-refractivity contribution is 0.0882. The average molecular weight is 254 g/mol. The van der Waals surface area contributed by atoms with Crippen LogP contribution in [-0.2, 0) is 0 Å². The lowest BCUT2D eigenvalue weighted by Gasteiger charge is -2.29. The van der Waals surface area contributed by atoms with E-state index < -0.39 is 0 Å². The molecule has 1 fully saturated rings. The zero-order valence-corrected chi connectivity index (χ0v) is 11.0. The minimum absolute atomic E-state index is 0.120. The van der Waals surface area contributed by atoms with Crippen molar-refractivity contribution in [2.24, 2.45) is 5.92 Å². The summed E-state index contributed by atoms with van der Waals surface area (Å²) in [5.41, 5.74) is 0. The summed E-state index contributed by atoms with van der Waals surface area (Å²) in [5, 5.41) is 7.08. The summed E-state index contributed by atoms with van der Waals surface area (Å²) in [6.07, 6.45) is 3.02. The van der Waals surface area contributed by atoms with E-state index in [2.05, 4.69) is 17.6 Å². The molecule has 1 saturated heterocycles. The monoisotopic (exact) mass is 254 g/mol. The molecule has 1 amide bonds. The Balaban J connectivity index is 1.96. The van der Waals surface area contributed by atoms with Gasteiger partial charge in [0, 0.05) is 12.6 Å². The molecular formula is C12H18N2O2S. The van der Waals surface area contributed by atoms with Crippen LogP contribution in [0.5, 0.6) is 0 Å². The molecule has 0 aromatic carbocycles. The first-order valence-electron chi connectivity index (χ1n) is 5.86. The van der Waals surface area contributed by atoms with E-state index in [0.29, 0.717) is 11.7 Å². The van der Waals surface area contributed by atoms with Crippen LogP contribution < -0.4 is 10.6 Å². The van der Waals surface area contributed by atoms with Gasteiger partial charge in [0.2, 0.25) is 0 Å². The highest BCUT2D eigenvalue weighted by atomic mass is 32.2. The Morgan fingerprint density at radius 2 is 2.41 bits per heavy atom. The maximum Gasteiger partial charge on any atom is 0.287 e. The highest BCUT2D eigenvalue weighted by Gasteiger charge is 2.24. The Hall–Kier alpha value is -0.940. The molecule has 0 bridgehead atoms. The van der Waals surface area contributed by atoms with Crippen molar-refractivity contribution in [1.29, 1.82) is 0 Å². The normalized spacial score (nSPS) is 24.6. The second-order valence-electron chi connectivity index (χ2n) is 4.37. The Kier molecular flexibility index (Phi) is 4.12. The third-order valence-electron chi connectivity index (χ3n) is 3.15. The van der Waals surface area contributed by atoms with Crippen molar-refractivity contribution in [1.82, 2.24) is 10.6 Å². The average Bonchev–Trinajstić information content (AvgIpc) is 2.81. The maximum absolute atomic E-state index is 11.9. The summed E-state index contributed by atoms with van der Waals surface area (Å²) in [4.78, 5) is 11.9. The topological polar surface area (TPSA) is 54.3 Å². The summed E-state index contributed by atoms with van der Waals surface area (Å²) in [6, 6.07) is 3.74. The van der Waals surface area contributed by atoms with Crippen LogP contribution in [0.25, 0.3) is 0 Å². The molecule has 0 aliphatic carbocycles. The number of piperidine rings is 1. The minimum atomic E-state index is -0.120. The molecule has 0 spiro atoms. The number of hydrogen-bond donors (Lipinski definition) is 2. The molecule has 2 rings (SSSR count). The summed E-state index contributed by atoms with van der Waals surface area (Å²) >= 11 is 1.49. The number of nitrogens with one attached hydrogen (secondary N) is 2. The van der Waals surface area contributed by atoms with E-state index in [1.165, 1.54) is 11.8 Å². The van der Waals surface area contributed by atoms with Gasteiger partial charge in [-0.15, -0.1) is 0 Å². The molecule has 1 aliphatic heterocycles. The van der Waals surface area contributed by atoms with Crippen LogP contribution in [0.15, 0.2) is 21.6 Å². The van der Waals surface area contributed by atoms with E-state index in [9.17, 15) is 4.79 Å². The van der Waals surface area contributed by atoms with Crippen molar-refractivity contribution in [2.45, 2.75) is 24.5 Å². The molecule has 2 heterocycles. The maximum atomic E-state index is 11.9. The zero-order valence-electron chi connectivity index (χ0n) is 10.2. The standard InChI is InChI=1S/C12H18N2O2S/c1-8-5-6-13-7-9(8)14-12(15)10-3-4-11(16-10)17-2/h3-4,8-9,13H,5-7H2,1-2H3,(H,14,15). The Morgan fingerprint density at radius 3 is 3.06 bits per heavy atom. The van der Waals surface area contributed by atoms with E-state index in [1.54, 1.807) is 6.07 Å². The van der Waals surface area contributed by atoms with E-state index >= 15 is 0 Å². The van der Waals surface area contributed by atoms with Gasteiger partial charge in [-0.3, -0.25) is 4.79 Å². The molecule has 2 atom stereocenters. The van der Waals surface area contributed by atoms with Gasteiger partial charge in [0.15, 0.2) is 10.9 Å². The van der Waals surface area contributed by atoms with Crippen molar-refractivity contribution in [3.8, 4) is 0 Å². The summed E-state index contributed by atoms with van der Waals surface area (Å²) in [6.45, 7) is 4.04. The van der Waals surface area contributed by atoms with Gasteiger partial charge in [-0.1, -0.05) is 18.7 Å². The molecule has 1 aromatic heterocycles. The summed E-state index contributed by atoms with van der Waals surface area (Å²) < 4.78 is 5.40. The van der Waals surface area contributed by atoms with Crippen LogP contribution in [-0.4, -0.2) is 31.3 Å². The Labute approximate surface area is 106 Å². The third kappa shape index (κ3) is 3.04. The number of carbonyl (C=O) groups excluding carboxylic acids is 1. The lowest BCUT2D eigenvalue weighted by atomic mass is 9.95. The van der Waals surface area contributed by atoms with Crippen molar-refractivity contribution in [2.75, 3.05) is 19.3 Å². The molecule has 1 aromatic rings. The van der Waals surface area contributed by atoms with Crippen LogP contribution in [0.4, 0.5) is 0 Å². The van der Waals surface area contributed by atoms with Gasteiger partial charge < -0.3 is 15.1 Å². The molecule has 2 N–H and O–H groups in total. The first kappa shape index (κ1) is 12.5. The van der Waals surface area contributed by atoms with Crippen molar-refractivity contribution in [3.05, 3.63) is 17.9 Å². The van der Waals surface area contributed by atoms with Crippen molar-refractivity contribution >= 4 is 17.7 Å². The molecule has 4 nitrogen and oxygen atoms in total. The first-order chi connectivity index (χ1) is 8.20. The Bertz CT molecular complexity index is 392. The molecule has 2 unspecified atom stereocenters. The second kappa shape index (κ2) is 5.60. The molecule has 0 radical (unpaired) electrons. The quantitative estimate of drug-likeness (QED) is 0.807. The van der Waals surface area contributed by atoms with E-state index in [-0.39, 0.29) is 11.9 Å². The number of rotatable bonds is 3. The van der Waals surface area contributed by atoms with E-state index in [1.807, 2.05) is 12.3 Å². The van der Waals surface area contributed by atoms with E-state index in [4.69, 9.17) is 4.42 Å². The van der Waals surface area contributed by atoms with Gasteiger partial charge in [-0.2, -0.15) is 0 Å². The van der Waals surface area contributed by atoms with E-state index in [0.717, 1.165) is 24.6 Å². The number of amides is 1. The van der Waals surface area contributed by atoms with Crippen LogP contribution >= 0.6 is 11.8 Å². The van der Waals surface area contributed by atoms with Gasteiger partial charge in [-0.05, 0) is 37.3 Å². The second-order valence-corrected chi connectivity index (χ2v) is 5.18. The fraction of sp³-hybridized carbons (Fsp3) is 0.583. The number of carbonyl (C=O) groups is 1. The highest BCUT2D eigenvalue weighted by molar-refractivity contribution is 7.98. The van der Waals surface area contributed by atoms with Crippen LogP contribution in [0.1, 0.15) is 23.9 Å². The lowest BCUT2D eigenvalue weighted by Crippen LogP contribution is -2.50. The SMILES string of the molecule is CSc1ccc(C(=O)NC2CNCCC2C)o1. The molecule has 17 heavy (non-hydrogen) atoms. The molecule has 5 heteroatoms. The van der Waals surface area contributed by atoms with Crippen LogP contribution in [0.3, 0.4) is 0 Å². The molecule has 0 saturated carbocycles. The largest absolute Gasteiger partial charge is 0.445 e. The minimum Gasteiger partial charge on any atom is -0.445 e. The van der Waals surface area contributed by atoms with Gasteiger partial charge in [0.05, 0.1) is 0 Å². The first-order valence-corrected chi connectivity index (χ1v) is 7.08. The fourth-order valence-corrected chi connectivity index (χ4v) is 2.35. The summed E-state index contributed by atoms with van der Waals surface area (Å²) in [7, 11) is 0. The van der Waals surface area contributed by atoms with Gasteiger partial charge in [0.1, 0.15) is 0 Å². The number of furan rings is 1. The van der Waals surface area contributed by atoms with Crippen molar-refractivity contribution < 1.29 is 9.21 Å². The van der Waals surface area contributed by atoms with Gasteiger partial charge in [-0.25, -0.2) is 0 Å².